The van der Waals surface area contributed by atoms with E-state index in [0.29, 0.717) is 11.5 Å². The zero-order valence-electron chi connectivity index (χ0n) is 12.1. The molecule has 0 spiro atoms. The molecule has 0 saturated carbocycles. The molecule has 0 N–H and O–H groups in total. The maximum absolute atomic E-state index is 12.0. The van der Waals surface area contributed by atoms with Gasteiger partial charge in [0.1, 0.15) is 16.0 Å². The Kier molecular flexibility index (Phi) is 3.24. The lowest BCUT2D eigenvalue weighted by Gasteiger charge is -2.21. The summed E-state index contributed by atoms with van der Waals surface area (Å²) < 4.78 is 10.8. The van der Waals surface area contributed by atoms with Crippen LogP contribution in [0.4, 0.5) is 10.7 Å². The predicted molar refractivity (Wildman–Crippen MR) is 86.6 cm³/mol. The summed E-state index contributed by atoms with van der Waals surface area (Å²) in [6.07, 6.45) is 4.20. The molecule has 4 rings (SSSR count). The van der Waals surface area contributed by atoms with Crippen LogP contribution in [0.3, 0.4) is 0 Å². The van der Waals surface area contributed by atoms with Gasteiger partial charge in [0, 0.05) is 11.3 Å². The van der Waals surface area contributed by atoms with Crippen LogP contribution in [-0.2, 0) is 9.47 Å². The van der Waals surface area contributed by atoms with E-state index in [1.807, 2.05) is 43.3 Å². The highest BCUT2D eigenvalue weighted by Gasteiger charge is 2.45. The van der Waals surface area contributed by atoms with Crippen LogP contribution >= 0.6 is 11.3 Å². The van der Waals surface area contributed by atoms with E-state index in [-0.39, 0.29) is 18.3 Å². The van der Waals surface area contributed by atoms with E-state index in [2.05, 4.69) is 17.0 Å². The zero-order chi connectivity index (χ0) is 15.1. The molecule has 2 aliphatic rings. The quantitative estimate of drug-likeness (QED) is 0.638. The van der Waals surface area contributed by atoms with Crippen molar-refractivity contribution in [1.29, 1.82) is 0 Å². The number of para-hydroxylation sites is 1. The maximum Gasteiger partial charge on any atom is 0.348 e. The number of benzene rings is 1. The Morgan fingerprint density at radius 2 is 2.18 bits per heavy atom. The monoisotopic (exact) mass is 313 g/mol. The molecule has 3 heterocycles. The molecule has 0 amide bonds. The summed E-state index contributed by atoms with van der Waals surface area (Å²) in [6, 6.07) is 12.0. The molecular weight excluding hydrogens is 298 g/mol. The standard InChI is InChI=1S/C17H15NO3S/c1-2-20-17(19)14-10-11-8-9-13-15(21-13)18(16(11)22-14)12-6-4-3-5-7-12/h3-10,13,15H,2H2,1H3. The first-order chi connectivity index (χ1) is 10.8. The third-order valence-electron chi connectivity index (χ3n) is 3.69. The Morgan fingerprint density at radius 3 is 2.95 bits per heavy atom. The van der Waals surface area contributed by atoms with Crippen molar-refractivity contribution < 1.29 is 14.3 Å². The van der Waals surface area contributed by atoms with Gasteiger partial charge in [-0.3, -0.25) is 0 Å². The van der Waals surface area contributed by atoms with Gasteiger partial charge in [0.05, 0.1) is 6.61 Å². The molecule has 2 unspecified atom stereocenters. The van der Waals surface area contributed by atoms with Gasteiger partial charge in [-0.05, 0) is 25.1 Å². The Bertz CT molecular complexity index is 738. The highest BCUT2D eigenvalue weighted by atomic mass is 32.1. The van der Waals surface area contributed by atoms with Crippen LogP contribution in [0.2, 0.25) is 0 Å². The number of epoxide rings is 1. The van der Waals surface area contributed by atoms with Crippen LogP contribution in [0.25, 0.3) is 6.08 Å². The van der Waals surface area contributed by atoms with Gasteiger partial charge in [-0.15, -0.1) is 11.3 Å². The molecule has 1 fully saturated rings. The van der Waals surface area contributed by atoms with Gasteiger partial charge in [0.2, 0.25) is 0 Å². The first kappa shape index (κ1) is 13.5. The molecule has 4 nitrogen and oxygen atoms in total. The molecule has 112 valence electrons. The van der Waals surface area contributed by atoms with Crippen LogP contribution < -0.4 is 4.90 Å². The third kappa shape index (κ3) is 2.23. The summed E-state index contributed by atoms with van der Waals surface area (Å²) in [5, 5.41) is 1.02. The van der Waals surface area contributed by atoms with Crippen molar-refractivity contribution in [3.63, 3.8) is 0 Å². The second kappa shape index (κ2) is 5.26. The molecule has 1 aromatic heterocycles. The lowest BCUT2D eigenvalue weighted by Crippen LogP contribution is -2.21. The Labute approximate surface area is 132 Å². The summed E-state index contributed by atoms with van der Waals surface area (Å²) in [7, 11) is 0. The minimum atomic E-state index is -0.268. The number of rotatable bonds is 3. The molecule has 22 heavy (non-hydrogen) atoms. The van der Waals surface area contributed by atoms with Crippen molar-refractivity contribution in [1.82, 2.24) is 0 Å². The molecule has 1 aromatic carbocycles. The number of thiophene rings is 1. The number of fused-ring (bicyclic) bond motifs is 2. The highest BCUT2D eigenvalue weighted by molar-refractivity contribution is 7.18. The Balaban J connectivity index is 1.78. The van der Waals surface area contributed by atoms with Gasteiger partial charge >= 0.3 is 5.97 Å². The number of esters is 1. The van der Waals surface area contributed by atoms with Crippen molar-refractivity contribution in [3.05, 3.63) is 52.9 Å². The molecule has 2 aliphatic heterocycles. The summed E-state index contributed by atoms with van der Waals surface area (Å²) >= 11 is 1.45. The minimum Gasteiger partial charge on any atom is -0.462 e. The fourth-order valence-corrected chi connectivity index (χ4v) is 3.73. The number of carbonyl (C=O) groups is 1. The average Bonchev–Trinajstić information content (AvgIpc) is 3.20. The van der Waals surface area contributed by atoms with E-state index in [1.54, 1.807) is 0 Å². The second-order valence-electron chi connectivity index (χ2n) is 5.15. The predicted octanol–water partition coefficient (Wildman–Crippen LogP) is 3.81. The fourth-order valence-electron chi connectivity index (χ4n) is 2.64. The molecule has 0 aliphatic carbocycles. The van der Waals surface area contributed by atoms with Gasteiger partial charge in [-0.1, -0.05) is 30.4 Å². The Hall–Kier alpha value is -2.11. The number of ether oxygens (including phenoxy) is 2. The summed E-state index contributed by atoms with van der Waals surface area (Å²) in [6.45, 7) is 2.20. The van der Waals surface area contributed by atoms with Crippen LogP contribution in [0, 0.1) is 0 Å². The molecule has 5 heteroatoms. The van der Waals surface area contributed by atoms with Gasteiger partial charge in [-0.25, -0.2) is 4.79 Å². The SMILES string of the molecule is CCOC(=O)c1cc2c(s1)N(c1ccccc1)C1OC1C=C2. The number of anilines is 2. The molecule has 2 atom stereocenters. The van der Waals surface area contributed by atoms with E-state index in [1.165, 1.54) is 11.3 Å². The lowest BCUT2D eigenvalue weighted by molar-refractivity contribution is 0.0532. The third-order valence-corrected chi connectivity index (χ3v) is 4.82. The number of hydrogen-bond acceptors (Lipinski definition) is 5. The second-order valence-corrected chi connectivity index (χ2v) is 6.18. The molecule has 0 bridgehead atoms. The van der Waals surface area contributed by atoms with E-state index >= 15 is 0 Å². The fraction of sp³-hybridized carbons (Fsp3) is 0.235. The van der Waals surface area contributed by atoms with Crippen LogP contribution in [-0.4, -0.2) is 24.9 Å². The summed E-state index contributed by atoms with van der Waals surface area (Å²) in [5.41, 5.74) is 2.10. The van der Waals surface area contributed by atoms with Crippen LogP contribution in [0.15, 0.2) is 42.5 Å². The number of nitrogens with zero attached hydrogens (tertiary/aromatic N) is 1. The first-order valence-electron chi connectivity index (χ1n) is 7.27. The van der Waals surface area contributed by atoms with Gasteiger partial charge in [0.25, 0.3) is 0 Å². The molecule has 2 aromatic rings. The minimum absolute atomic E-state index is 0.00796. The highest BCUT2D eigenvalue weighted by Crippen LogP contribution is 2.46. The largest absolute Gasteiger partial charge is 0.462 e. The summed E-state index contributed by atoms with van der Waals surface area (Å²) in [4.78, 5) is 14.8. The molecule has 0 radical (unpaired) electrons. The van der Waals surface area contributed by atoms with Crippen molar-refractivity contribution in [3.8, 4) is 0 Å². The normalized spacial score (nSPS) is 21.8. The smallest absolute Gasteiger partial charge is 0.348 e. The van der Waals surface area contributed by atoms with E-state index in [0.717, 1.165) is 16.3 Å². The van der Waals surface area contributed by atoms with E-state index in [4.69, 9.17) is 9.47 Å². The van der Waals surface area contributed by atoms with Gasteiger partial charge < -0.3 is 14.4 Å². The number of hydrogen-bond donors (Lipinski definition) is 0. The first-order valence-corrected chi connectivity index (χ1v) is 8.08. The maximum atomic E-state index is 12.0. The zero-order valence-corrected chi connectivity index (χ0v) is 12.9. The van der Waals surface area contributed by atoms with Crippen molar-refractivity contribution in [2.75, 3.05) is 11.5 Å². The Morgan fingerprint density at radius 1 is 1.36 bits per heavy atom. The van der Waals surface area contributed by atoms with Crippen LogP contribution in [0.1, 0.15) is 22.2 Å². The lowest BCUT2D eigenvalue weighted by atomic mass is 10.2. The van der Waals surface area contributed by atoms with Gasteiger partial charge in [0.15, 0.2) is 6.23 Å². The molecular formula is C17H15NO3S. The average molecular weight is 313 g/mol. The number of carbonyl (C=O) groups excluding carboxylic acids is 1. The topological polar surface area (TPSA) is 42.1 Å². The van der Waals surface area contributed by atoms with Crippen LogP contribution in [0.5, 0.6) is 0 Å². The molecule has 1 saturated heterocycles. The van der Waals surface area contributed by atoms with E-state index in [9.17, 15) is 4.79 Å². The van der Waals surface area contributed by atoms with Crippen molar-refractivity contribution >= 4 is 34.1 Å². The van der Waals surface area contributed by atoms with Crippen molar-refractivity contribution in [2.45, 2.75) is 19.3 Å². The van der Waals surface area contributed by atoms with Gasteiger partial charge in [-0.2, -0.15) is 0 Å². The summed E-state index contributed by atoms with van der Waals surface area (Å²) in [5.74, 6) is -0.268. The van der Waals surface area contributed by atoms with E-state index < -0.39 is 0 Å². The van der Waals surface area contributed by atoms with Crippen molar-refractivity contribution in [2.24, 2.45) is 0 Å².